The van der Waals surface area contributed by atoms with Crippen LogP contribution in [0.5, 0.6) is 0 Å². The van der Waals surface area contributed by atoms with Gasteiger partial charge in [0, 0.05) is 19.0 Å². The molecule has 0 aliphatic rings. The van der Waals surface area contributed by atoms with Crippen molar-refractivity contribution in [1.82, 2.24) is 16.0 Å². The van der Waals surface area contributed by atoms with Gasteiger partial charge in [-0.3, -0.25) is 9.59 Å². The Morgan fingerprint density at radius 3 is 2.47 bits per heavy atom. The van der Waals surface area contributed by atoms with Crippen molar-refractivity contribution in [3.05, 3.63) is 0 Å². The Kier molecular flexibility index (Phi) is 9.20. The van der Waals surface area contributed by atoms with E-state index in [9.17, 15) is 14.4 Å². The lowest BCUT2D eigenvalue weighted by atomic mass is 10.1. The van der Waals surface area contributed by atoms with Gasteiger partial charge in [0.1, 0.15) is 0 Å². The highest BCUT2D eigenvalue weighted by molar-refractivity contribution is 5.83. The Hall–Kier alpha value is -1.79. The molecule has 0 aliphatic carbocycles. The van der Waals surface area contributed by atoms with Crippen LogP contribution in [0, 0.1) is 0 Å². The van der Waals surface area contributed by atoms with Crippen LogP contribution in [0.3, 0.4) is 0 Å². The molecule has 0 aliphatic heterocycles. The van der Waals surface area contributed by atoms with Crippen molar-refractivity contribution < 1.29 is 19.5 Å². The summed E-state index contributed by atoms with van der Waals surface area (Å²) < 4.78 is 0. The Bertz CT molecular complexity index is 307. The van der Waals surface area contributed by atoms with Gasteiger partial charge in [-0.15, -0.1) is 0 Å². The zero-order valence-electron chi connectivity index (χ0n) is 11.5. The molecule has 0 aromatic carbocycles. The van der Waals surface area contributed by atoms with Crippen LogP contribution in [-0.2, 0) is 9.59 Å². The van der Waals surface area contributed by atoms with Crippen LogP contribution in [-0.4, -0.2) is 42.1 Å². The molecule has 7 heteroatoms. The molecule has 110 valence electrons. The van der Waals surface area contributed by atoms with E-state index in [1.165, 1.54) is 0 Å². The van der Waals surface area contributed by atoms with Crippen LogP contribution < -0.4 is 16.0 Å². The Morgan fingerprint density at radius 2 is 1.89 bits per heavy atom. The molecule has 0 radical (unpaired) electrons. The van der Waals surface area contributed by atoms with E-state index in [0.717, 1.165) is 6.42 Å². The number of hydrogen-bond acceptors (Lipinski definition) is 3. The third-order valence-electron chi connectivity index (χ3n) is 2.39. The SMILES string of the molecule is CCCNC(=O)CNC(=O)NC(C)CCCC(=O)O. The molecule has 0 aromatic heterocycles. The van der Waals surface area contributed by atoms with Crippen molar-refractivity contribution in [2.24, 2.45) is 0 Å². The molecule has 0 saturated carbocycles. The number of aliphatic carboxylic acids is 1. The summed E-state index contributed by atoms with van der Waals surface area (Å²) in [4.78, 5) is 33.0. The number of nitrogens with one attached hydrogen (secondary N) is 3. The van der Waals surface area contributed by atoms with Crippen LogP contribution in [0.1, 0.15) is 39.5 Å². The molecule has 3 amide bonds. The molecule has 0 bridgehead atoms. The minimum atomic E-state index is -0.843. The van der Waals surface area contributed by atoms with Crippen molar-refractivity contribution in [2.75, 3.05) is 13.1 Å². The summed E-state index contributed by atoms with van der Waals surface area (Å²) in [6.07, 6.45) is 2.03. The summed E-state index contributed by atoms with van der Waals surface area (Å²) in [6.45, 7) is 4.26. The largest absolute Gasteiger partial charge is 0.481 e. The molecule has 4 N–H and O–H groups in total. The summed E-state index contributed by atoms with van der Waals surface area (Å²) in [5, 5.41) is 16.2. The van der Waals surface area contributed by atoms with Gasteiger partial charge in [0.25, 0.3) is 0 Å². The monoisotopic (exact) mass is 273 g/mol. The minimum Gasteiger partial charge on any atom is -0.481 e. The standard InChI is InChI=1S/C12H23N3O4/c1-3-7-13-10(16)8-14-12(19)15-9(2)5-4-6-11(17)18/h9H,3-8H2,1-2H3,(H,13,16)(H,17,18)(H2,14,15,19). The number of amides is 3. The van der Waals surface area contributed by atoms with Gasteiger partial charge >= 0.3 is 12.0 Å². The van der Waals surface area contributed by atoms with Gasteiger partial charge in [0.2, 0.25) is 5.91 Å². The van der Waals surface area contributed by atoms with Crippen LogP contribution in [0.25, 0.3) is 0 Å². The van der Waals surface area contributed by atoms with Crippen molar-refractivity contribution >= 4 is 17.9 Å². The number of carboxylic acids is 1. The molecule has 19 heavy (non-hydrogen) atoms. The first-order valence-electron chi connectivity index (χ1n) is 6.48. The van der Waals surface area contributed by atoms with Crippen LogP contribution in [0.4, 0.5) is 4.79 Å². The van der Waals surface area contributed by atoms with Gasteiger partial charge in [0.05, 0.1) is 6.54 Å². The molecule has 1 unspecified atom stereocenters. The van der Waals surface area contributed by atoms with E-state index < -0.39 is 12.0 Å². The zero-order chi connectivity index (χ0) is 14.7. The smallest absolute Gasteiger partial charge is 0.315 e. The van der Waals surface area contributed by atoms with Crippen molar-refractivity contribution in [3.8, 4) is 0 Å². The first-order valence-corrected chi connectivity index (χ1v) is 6.48. The third-order valence-corrected chi connectivity index (χ3v) is 2.39. The number of rotatable bonds is 9. The molecule has 1 atom stereocenters. The van der Waals surface area contributed by atoms with Crippen molar-refractivity contribution in [3.63, 3.8) is 0 Å². The predicted octanol–water partition coefficient (Wildman–Crippen LogP) is 0.455. The maximum atomic E-state index is 11.4. The maximum Gasteiger partial charge on any atom is 0.315 e. The quantitative estimate of drug-likeness (QED) is 0.489. The summed E-state index contributed by atoms with van der Waals surface area (Å²) in [5.41, 5.74) is 0. The average Bonchev–Trinajstić information content (AvgIpc) is 2.33. The second-order valence-corrected chi connectivity index (χ2v) is 4.36. The Morgan fingerprint density at radius 1 is 1.21 bits per heavy atom. The lowest BCUT2D eigenvalue weighted by Crippen LogP contribution is -2.45. The second-order valence-electron chi connectivity index (χ2n) is 4.36. The van der Waals surface area contributed by atoms with Gasteiger partial charge in [0.15, 0.2) is 0 Å². The van der Waals surface area contributed by atoms with E-state index in [0.29, 0.717) is 19.4 Å². The number of carbonyl (C=O) groups is 3. The molecule has 0 rings (SSSR count). The summed E-state index contributed by atoms with van der Waals surface area (Å²) in [7, 11) is 0. The highest BCUT2D eigenvalue weighted by Gasteiger charge is 2.09. The minimum absolute atomic E-state index is 0.0618. The van der Waals surface area contributed by atoms with Crippen LogP contribution >= 0.6 is 0 Å². The van der Waals surface area contributed by atoms with E-state index in [-0.39, 0.29) is 24.9 Å². The first-order chi connectivity index (χ1) is 8.95. The number of carboxylic acid groups (broad SMARTS) is 1. The normalized spacial score (nSPS) is 11.5. The van der Waals surface area contributed by atoms with Gasteiger partial charge in [-0.05, 0) is 26.2 Å². The van der Waals surface area contributed by atoms with Gasteiger partial charge < -0.3 is 21.1 Å². The van der Waals surface area contributed by atoms with Gasteiger partial charge in [-0.2, -0.15) is 0 Å². The fourth-order valence-electron chi connectivity index (χ4n) is 1.39. The number of hydrogen-bond donors (Lipinski definition) is 4. The van der Waals surface area contributed by atoms with E-state index in [2.05, 4.69) is 16.0 Å². The molecule has 0 spiro atoms. The molecule has 0 fully saturated rings. The topological polar surface area (TPSA) is 108 Å². The van der Waals surface area contributed by atoms with Crippen molar-refractivity contribution in [1.29, 1.82) is 0 Å². The van der Waals surface area contributed by atoms with E-state index in [1.807, 2.05) is 6.92 Å². The lowest BCUT2D eigenvalue weighted by Gasteiger charge is -2.14. The maximum absolute atomic E-state index is 11.4. The summed E-state index contributed by atoms with van der Waals surface area (Å²) in [6, 6.07) is -0.549. The molecular formula is C12H23N3O4. The lowest BCUT2D eigenvalue weighted by molar-refractivity contribution is -0.137. The van der Waals surface area contributed by atoms with E-state index in [1.54, 1.807) is 6.92 Å². The van der Waals surface area contributed by atoms with E-state index >= 15 is 0 Å². The second kappa shape index (κ2) is 10.2. The first kappa shape index (κ1) is 17.2. The molecule has 0 heterocycles. The van der Waals surface area contributed by atoms with Crippen LogP contribution in [0.15, 0.2) is 0 Å². The fourth-order valence-corrected chi connectivity index (χ4v) is 1.39. The Balaban J connectivity index is 3.67. The highest BCUT2D eigenvalue weighted by Crippen LogP contribution is 2.00. The number of urea groups is 1. The molecule has 0 aromatic rings. The predicted molar refractivity (Wildman–Crippen MR) is 70.8 cm³/mol. The summed E-state index contributed by atoms with van der Waals surface area (Å²) in [5.74, 6) is -1.07. The fraction of sp³-hybridized carbons (Fsp3) is 0.750. The zero-order valence-corrected chi connectivity index (χ0v) is 11.5. The molecular weight excluding hydrogens is 250 g/mol. The summed E-state index contributed by atoms with van der Waals surface area (Å²) >= 11 is 0. The van der Waals surface area contributed by atoms with Gasteiger partial charge in [-0.1, -0.05) is 6.92 Å². The van der Waals surface area contributed by atoms with Crippen LogP contribution in [0.2, 0.25) is 0 Å². The van der Waals surface area contributed by atoms with Gasteiger partial charge in [-0.25, -0.2) is 4.79 Å². The van der Waals surface area contributed by atoms with Crippen molar-refractivity contribution in [2.45, 2.75) is 45.6 Å². The molecule has 0 saturated heterocycles. The Labute approximate surface area is 113 Å². The third kappa shape index (κ3) is 11.1. The average molecular weight is 273 g/mol. The number of carbonyl (C=O) groups excluding carboxylic acids is 2. The highest BCUT2D eigenvalue weighted by atomic mass is 16.4. The molecule has 7 nitrogen and oxygen atoms in total. The van der Waals surface area contributed by atoms with E-state index in [4.69, 9.17) is 5.11 Å².